The Bertz CT molecular complexity index is 1100. The molecule has 3 N–H and O–H groups in total. The number of carbonyl (C=O) groups is 3. The van der Waals surface area contributed by atoms with Crippen molar-refractivity contribution in [3.63, 3.8) is 0 Å². The van der Waals surface area contributed by atoms with Gasteiger partial charge in [0.1, 0.15) is 17.6 Å². The molecule has 3 heterocycles. The summed E-state index contributed by atoms with van der Waals surface area (Å²) in [5.41, 5.74) is 0.912. The molecule has 11 nitrogen and oxygen atoms in total. The lowest BCUT2D eigenvalue weighted by atomic mass is 9.98. The predicted octanol–water partition coefficient (Wildman–Crippen LogP) is 0.960. The van der Waals surface area contributed by atoms with Gasteiger partial charge in [-0.05, 0) is 44.7 Å². The standard InChI is InChI=1S/C27H37N5O6/c1-19(33)24-26(35)29-9-3-11-31-13-10-28-25(31)21-5-2-6-22(17-21)38-14-4-12-32(18-23(34)30-24)27(36)20-7-15-37-16-8-20/h2,5-6,10,13,17,19-20,24,33H,3-4,7-9,11-12,14-16,18H2,1H3,(H,29,35)(H,30,34)/t19-,24+/m1/s1. The number of carbonyl (C=O) groups excluding carboxylic acids is 3. The topological polar surface area (TPSA) is 135 Å². The highest BCUT2D eigenvalue weighted by Gasteiger charge is 2.30. The molecule has 3 amide bonds. The first-order chi connectivity index (χ1) is 18.4. The summed E-state index contributed by atoms with van der Waals surface area (Å²) in [5.74, 6) is 0.197. The minimum atomic E-state index is -1.13. The van der Waals surface area contributed by atoms with Crippen LogP contribution in [0.15, 0.2) is 36.7 Å². The van der Waals surface area contributed by atoms with E-state index >= 15 is 0 Å². The molecule has 0 radical (unpaired) electrons. The van der Waals surface area contributed by atoms with Crippen molar-refractivity contribution < 1.29 is 29.0 Å². The smallest absolute Gasteiger partial charge is 0.245 e. The molecular weight excluding hydrogens is 490 g/mol. The fourth-order valence-corrected chi connectivity index (χ4v) is 4.76. The van der Waals surface area contributed by atoms with Gasteiger partial charge in [0.05, 0.1) is 19.3 Å². The molecule has 1 saturated heterocycles. The largest absolute Gasteiger partial charge is 0.494 e. The third-order valence-electron chi connectivity index (χ3n) is 6.82. The van der Waals surface area contributed by atoms with E-state index in [9.17, 15) is 19.5 Å². The molecule has 2 atom stereocenters. The van der Waals surface area contributed by atoms with Gasteiger partial charge in [-0.2, -0.15) is 0 Å². The quantitative estimate of drug-likeness (QED) is 0.530. The summed E-state index contributed by atoms with van der Waals surface area (Å²) < 4.78 is 13.4. The molecule has 4 rings (SSSR count). The second-order valence-corrected chi connectivity index (χ2v) is 9.75. The van der Waals surface area contributed by atoms with E-state index in [0.29, 0.717) is 70.9 Å². The second-order valence-electron chi connectivity index (χ2n) is 9.75. The molecule has 0 spiro atoms. The van der Waals surface area contributed by atoms with E-state index in [4.69, 9.17) is 9.47 Å². The average molecular weight is 528 g/mol. The van der Waals surface area contributed by atoms with Gasteiger partial charge in [0.15, 0.2) is 0 Å². The lowest BCUT2D eigenvalue weighted by molar-refractivity contribution is -0.142. The van der Waals surface area contributed by atoms with Crippen LogP contribution in [0.5, 0.6) is 5.75 Å². The van der Waals surface area contributed by atoms with Crippen molar-refractivity contribution in [1.82, 2.24) is 25.1 Å². The molecule has 1 aromatic carbocycles. The number of amides is 3. The first kappa shape index (κ1) is 27.6. The van der Waals surface area contributed by atoms with Crippen molar-refractivity contribution in [2.24, 2.45) is 5.92 Å². The van der Waals surface area contributed by atoms with Gasteiger partial charge < -0.3 is 34.7 Å². The lowest BCUT2D eigenvalue weighted by Crippen LogP contribution is -2.55. The van der Waals surface area contributed by atoms with E-state index < -0.39 is 24.0 Å². The van der Waals surface area contributed by atoms with Crippen molar-refractivity contribution in [3.05, 3.63) is 36.7 Å². The number of hydrogen-bond donors (Lipinski definition) is 3. The van der Waals surface area contributed by atoms with Crippen molar-refractivity contribution in [1.29, 1.82) is 0 Å². The predicted molar refractivity (Wildman–Crippen MR) is 139 cm³/mol. The van der Waals surface area contributed by atoms with Crippen molar-refractivity contribution in [3.8, 4) is 17.1 Å². The van der Waals surface area contributed by atoms with E-state index in [1.807, 2.05) is 35.0 Å². The summed E-state index contributed by atoms with van der Waals surface area (Å²) in [5, 5.41) is 15.6. The molecule has 38 heavy (non-hydrogen) atoms. The molecule has 2 aliphatic rings. The number of ether oxygens (including phenoxy) is 2. The maximum Gasteiger partial charge on any atom is 0.245 e. The zero-order valence-corrected chi connectivity index (χ0v) is 21.8. The Morgan fingerprint density at radius 3 is 2.76 bits per heavy atom. The molecule has 2 aromatic rings. The Balaban J connectivity index is 1.53. The molecule has 2 bridgehead atoms. The van der Waals surface area contributed by atoms with E-state index in [0.717, 1.165) is 11.4 Å². The molecule has 1 aromatic heterocycles. The Labute approximate surface area is 222 Å². The van der Waals surface area contributed by atoms with Crippen LogP contribution in [0, 0.1) is 5.92 Å². The maximum absolute atomic E-state index is 13.3. The van der Waals surface area contributed by atoms with Crippen LogP contribution in [0.2, 0.25) is 0 Å². The third-order valence-corrected chi connectivity index (χ3v) is 6.82. The second kappa shape index (κ2) is 13.4. The Kier molecular flexibility index (Phi) is 9.72. The van der Waals surface area contributed by atoms with E-state index in [1.165, 1.54) is 11.8 Å². The Morgan fingerprint density at radius 2 is 1.97 bits per heavy atom. The van der Waals surface area contributed by atoms with Gasteiger partial charge in [0, 0.05) is 56.7 Å². The van der Waals surface area contributed by atoms with Crippen molar-refractivity contribution >= 4 is 17.7 Å². The Morgan fingerprint density at radius 1 is 1.16 bits per heavy atom. The van der Waals surface area contributed by atoms with Gasteiger partial charge in [-0.15, -0.1) is 0 Å². The number of aryl methyl sites for hydroxylation is 1. The van der Waals surface area contributed by atoms with Crippen LogP contribution in [-0.2, 0) is 25.7 Å². The number of benzene rings is 1. The average Bonchev–Trinajstić information content (AvgIpc) is 3.39. The molecule has 1 fully saturated rings. The van der Waals surface area contributed by atoms with Gasteiger partial charge in [-0.3, -0.25) is 14.4 Å². The van der Waals surface area contributed by atoms with Crippen LogP contribution in [0.3, 0.4) is 0 Å². The number of nitrogens with zero attached hydrogens (tertiary/aromatic N) is 3. The minimum Gasteiger partial charge on any atom is -0.494 e. The zero-order chi connectivity index (χ0) is 26.9. The highest BCUT2D eigenvalue weighted by atomic mass is 16.5. The van der Waals surface area contributed by atoms with Crippen LogP contribution in [0.4, 0.5) is 0 Å². The van der Waals surface area contributed by atoms with Gasteiger partial charge >= 0.3 is 0 Å². The monoisotopic (exact) mass is 527 g/mol. The Hall–Kier alpha value is -3.44. The number of imidazole rings is 1. The molecule has 0 unspecified atom stereocenters. The van der Waals surface area contributed by atoms with E-state index in [-0.39, 0.29) is 18.4 Å². The molecule has 11 heteroatoms. The molecule has 206 valence electrons. The fraction of sp³-hybridized carbons (Fsp3) is 0.556. The normalized spacial score (nSPS) is 21.5. The molecule has 2 aliphatic heterocycles. The fourth-order valence-electron chi connectivity index (χ4n) is 4.76. The van der Waals surface area contributed by atoms with Crippen LogP contribution in [-0.4, -0.2) is 88.9 Å². The third kappa shape index (κ3) is 7.32. The summed E-state index contributed by atoms with van der Waals surface area (Å²) in [6.07, 6.45) is 4.86. The number of nitrogens with one attached hydrogen (secondary N) is 2. The highest BCUT2D eigenvalue weighted by molar-refractivity contribution is 5.90. The van der Waals surface area contributed by atoms with Crippen LogP contribution in [0.1, 0.15) is 32.6 Å². The molecular formula is C27H37N5O6. The number of aliphatic hydroxyl groups excluding tert-OH is 1. The van der Waals surface area contributed by atoms with Crippen LogP contribution >= 0.6 is 0 Å². The minimum absolute atomic E-state index is 0.110. The van der Waals surface area contributed by atoms with Gasteiger partial charge in [-0.25, -0.2) is 4.98 Å². The number of rotatable bonds is 2. The summed E-state index contributed by atoms with van der Waals surface area (Å²) in [6, 6.07) is 6.56. The van der Waals surface area contributed by atoms with E-state index in [2.05, 4.69) is 15.6 Å². The number of fused-ring (bicyclic) bond motifs is 4. The summed E-state index contributed by atoms with van der Waals surface area (Å²) in [7, 11) is 0. The first-order valence-corrected chi connectivity index (χ1v) is 13.3. The number of hydrogen-bond acceptors (Lipinski definition) is 7. The lowest BCUT2D eigenvalue weighted by Gasteiger charge is -2.30. The van der Waals surface area contributed by atoms with Crippen molar-refractivity contribution in [2.45, 2.75) is 51.3 Å². The SMILES string of the molecule is C[C@@H](O)[C@@H]1NC(=O)CN(C(=O)C2CCOCC2)CCCOc2cccc(c2)-c2nccn2CCCNC1=O. The number of aromatic nitrogens is 2. The van der Waals surface area contributed by atoms with Crippen LogP contribution in [0.25, 0.3) is 11.4 Å². The summed E-state index contributed by atoms with van der Waals surface area (Å²) >= 11 is 0. The number of aliphatic hydroxyl groups is 1. The summed E-state index contributed by atoms with van der Waals surface area (Å²) in [4.78, 5) is 45.0. The maximum atomic E-state index is 13.3. The van der Waals surface area contributed by atoms with Gasteiger partial charge in [0.25, 0.3) is 0 Å². The molecule has 0 saturated carbocycles. The van der Waals surface area contributed by atoms with E-state index in [1.54, 1.807) is 6.20 Å². The first-order valence-electron chi connectivity index (χ1n) is 13.3. The van der Waals surface area contributed by atoms with Gasteiger partial charge in [0.2, 0.25) is 17.7 Å². The van der Waals surface area contributed by atoms with Crippen LogP contribution < -0.4 is 15.4 Å². The highest BCUT2D eigenvalue weighted by Crippen LogP contribution is 2.23. The zero-order valence-electron chi connectivity index (χ0n) is 21.8. The van der Waals surface area contributed by atoms with Gasteiger partial charge in [-0.1, -0.05) is 12.1 Å². The summed E-state index contributed by atoms with van der Waals surface area (Å²) in [6.45, 7) is 3.92. The van der Waals surface area contributed by atoms with Crippen molar-refractivity contribution in [2.75, 3.05) is 39.5 Å². The molecule has 0 aliphatic carbocycles.